The Bertz CT molecular complexity index is 1420. The van der Waals surface area contributed by atoms with Gasteiger partial charge in [-0.1, -0.05) is 11.6 Å². The Hall–Kier alpha value is -2.61. The van der Waals surface area contributed by atoms with Gasteiger partial charge in [-0.15, -0.1) is 11.3 Å². The number of ether oxygens (including phenoxy) is 1. The zero-order valence-corrected chi connectivity index (χ0v) is 18.9. The standard InChI is InChI=1S/C23H20ClN3O3S/c1-12-16-10-30-23(2,3)8-15(16)18-19-20(31-21(18)26-12)22(29)27(11-25-19)9-17(28)13-4-6-14(24)7-5-13/h4-7,11H,8-10H2,1-3H3. The number of thiophene rings is 1. The van der Waals surface area contributed by atoms with Crippen LogP contribution in [0.15, 0.2) is 35.4 Å². The lowest BCUT2D eigenvalue weighted by Gasteiger charge is -2.32. The lowest BCUT2D eigenvalue weighted by molar-refractivity contribution is -0.0400. The van der Waals surface area contributed by atoms with Gasteiger partial charge in [-0.2, -0.15) is 0 Å². The SMILES string of the molecule is Cc1nc2sc3c(=O)n(CC(=O)c4ccc(Cl)cc4)cnc3c2c2c1COC(C)(C)C2. The third-order valence-corrected chi connectivity index (χ3v) is 7.02. The predicted octanol–water partition coefficient (Wildman–Crippen LogP) is 4.70. The molecule has 0 bridgehead atoms. The molecule has 1 aliphatic rings. The van der Waals surface area contributed by atoms with Crippen LogP contribution in [0.4, 0.5) is 0 Å². The number of nitrogens with zero attached hydrogens (tertiary/aromatic N) is 3. The number of benzene rings is 1. The summed E-state index contributed by atoms with van der Waals surface area (Å²) in [5.41, 5.74) is 3.79. The summed E-state index contributed by atoms with van der Waals surface area (Å²) < 4.78 is 7.86. The fourth-order valence-corrected chi connectivity index (χ4v) is 5.33. The van der Waals surface area contributed by atoms with Crippen molar-refractivity contribution in [2.75, 3.05) is 0 Å². The van der Waals surface area contributed by atoms with Crippen molar-refractivity contribution in [1.29, 1.82) is 0 Å². The van der Waals surface area contributed by atoms with Crippen LogP contribution in [0, 0.1) is 6.92 Å². The molecular formula is C23H20ClN3O3S. The van der Waals surface area contributed by atoms with E-state index in [0.29, 0.717) is 27.4 Å². The Kier molecular flexibility index (Phi) is 4.73. The molecular weight excluding hydrogens is 434 g/mol. The molecule has 0 N–H and O–H groups in total. The molecule has 8 heteroatoms. The predicted molar refractivity (Wildman–Crippen MR) is 122 cm³/mol. The quantitative estimate of drug-likeness (QED) is 0.420. The minimum atomic E-state index is -0.290. The van der Waals surface area contributed by atoms with E-state index >= 15 is 0 Å². The Balaban J connectivity index is 1.63. The average molecular weight is 454 g/mol. The number of ketones is 1. The second-order valence-corrected chi connectivity index (χ2v) is 9.88. The van der Waals surface area contributed by atoms with Crippen molar-refractivity contribution < 1.29 is 9.53 Å². The van der Waals surface area contributed by atoms with Crippen LogP contribution in [0.3, 0.4) is 0 Å². The van der Waals surface area contributed by atoms with Gasteiger partial charge in [0, 0.05) is 33.7 Å². The molecule has 0 saturated heterocycles. The van der Waals surface area contributed by atoms with Gasteiger partial charge in [-0.3, -0.25) is 14.2 Å². The monoisotopic (exact) mass is 453 g/mol. The first-order chi connectivity index (χ1) is 14.7. The third-order valence-electron chi connectivity index (χ3n) is 5.71. The minimum Gasteiger partial charge on any atom is -0.370 e. The molecule has 0 amide bonds. The summed E-state index contributed by atoms with van der Waals surface area (Å²) in [4.78, 5) is 36.0. The number of hydrogen-bond donors (Lipinski definition) is 0. The third kappa shape index (κ3) is 3.46. The largest absolute Gasteiger partial charge is 0.370 e. The van der Waals surface area contributed by atoms with E-state index in [0.717, 1.165) is 33.5 Å². The number of fused-ring (bicyclic) bond motifs is 5. The highest BCUT2D eigenvalue weighted by atomic mass is 35.5. The summed E-state index contributed by atoms with van der Waals surface area (Å²) in [6.45, 7) is 6.52. The van der Waals surface area contributed by atoms with Crippen LogP contribution in [-0.4, -0.2) is 25.9 Å². The molecule has 0 fully saturated rings. The minimum absolute atomic E-state index is 0.0803. The van der Waals surface area contributed by atoms with Crippen LogP contribution in [0.5, 0.6) is 0 Å². The Labute approximate surface area is 187 Å². The van der Waals surface area contributed by atoms with Gasteiger partial charge in [-0.25, -0.2) is 9.97 Å². The van der Waals surface area contributed by atoms with Crippen LogP contribution in [-0.2, 0) is 24.3 Å². The maximum Gasteiger partial charge on any atom is 0.271 e. The first-order valence-corrected chi connectivity index (χ1v) is 11.2. The molecule has 158 valence electrons. The normalized spacial score (nSPS) is 15.4. The van der Waals surface area contributed by atoms with Gasteiger partial charge in [0.15, 0.2) is 5.78 Å². The number of rotatable bonds is 3. The van der Waals surface area contributed by atoms with Gasteiger partial charge in [-0.05, 0) is 50.6 Å². The van der Waals surface area contributed by atoms with E-state index in [1.165, 1.54) is 22.2 Å². The molecule has 5 rings (SSSR count). The van der Waals surface area contributed by atoms with Crippen LogP contribution in [0.2, 0.25) is 5.02 Å². The van der Waals surface area contributed by atoms with E-state index in [2.05, 4.69) is 18.8 Å². The second-order valence-electron chi connectivity index (χ2n) is 8.45. The van der Waals surface area contributed by atoms with Crippen molar-refractivity contribution in [3.63, 3.8) is 0 Å². The maximum absolute atomic E-state index is 13.2. The highest BCUT2D eigenvalue weighted by Gasteiger charge is 2.31. The summed E-state index contributed by atoms with van der Waals surface area (Å²) in [7, 11) is 0. The highest BCUT2D eigenvalue weighted by molar-refractivity contribution is 7.25. The van der Waals surface area contributed by atoms with E-state index in [9.17, 15) is 9.59 Å². The van der Waals surface area contributed by atoms with Crippen LogP contribution in [0.1, 0.15) is 41.0 Å². The van der Waals surface area contributed by atoms with Crippen molar-refractivity contribution in [1.82, 2.24) is 14.5 Å². The van der Waals surface area contributed by atoms with Gasteiger partial charge in [0.1, 0.15) is 9.53 Å². The van der Waals surface area contributed by atoms with Gasteiger partial charge in [0.2, 0.25) is 0 Å². The van der Waals surface area contributed by atoms with E-state index in [1.807, 2.05) is 6.92 Å². The topological polar surface area (TPSA) is 74.1 Å². The lowest BCUT2D eigenvalue weighted by Crippen LogP contribution is -2.32. The molecule has 0 unspecified atom stereocenters. The van der Waals surface area contributed by atoms with Crippen molar-refractivity contribution in [3.05, 3.63) is 68.4 Å². The van der Waals surface area contributed by atoms with E-state index in [1.54, 1.807) is 24.3 Å². The molecule has 4 aromatic rings. The number of aromatic nitrogens is 3. The molecule has 0 aliphatic carbocycles. The van der Waals surface area contributed by atoms with Gasteiger partial charge < -0.3 is 4.74 Å². The molecule has 0 atom stereocenters. The van der Waals surface area contributed by atoms with Crippen LogP contribution in [0.25, 0.3) is 20.4 Å². The van der Waals surface area contributed by atoms with Gasteiger partial charge >= 0.3 is 0 Å². The number of carbonyl (C=O) groups is 1. The molecule has 4 heterocycles. The average Bonchev–Trinajstić information content (AvgIpc) is 3.09. The Morgan fingerprint density at radius 1 is 1.26 bits per heavy atom. The molecule has 6 nitrogen and oxygen atoms in total. The van der Waals surface area contributed by atoms with Crippen LogP contribution >= 0.6 is 22.9 Å². The summed E-state index contributed by atoms with van der Waals surface area (Å²) in [5.74, 6) is -0.175. The summed E-state index contributed by atoms with van der Waals surface area (Å²) in [6, 6.07) is 6.63. The maximum atomic E-state index is 13.2. The fourth-order valence-electron chi connectivity index (χ4n) is 4.05. The Morgan fingerprint density at radius 2 is 2.00 bits per heavy atom. The van der Waals surface area contributed by atoms with E-state index in [-0.39, 0.29) is 23.5 Å². The number of pyridine rings is 1. The fraction of sp³-hybridized carbons (Fsp3) is 0.304. The van der Waals surface area contributed by atoms with Gasteiger partial charge in [0.25, 0.3) is 5.56 Å². The van der Waals surface area contributed by atoms with Gasteiger partial charge in [0.05, 0.1) is 30.6 Å². The number of carbonyl (C=O) groups excluding carboxylic acids is 1. The Morgan fingerprint density at radius 3 is 2.74 bits per heavy atom. The molecule has 31 heavy (non-hydrogen) atoms. The summed E-state index contributed by atoms with van der Waals surface area (Å²) in [5, 5.41) is 1.49. The molecule has 0 saturated carbocycles. The van der Waals surface area contributed by atoms with E-state index < -0.39 is 0 Å². The van der Waals surface area contributed by atoms with Crippen molar-refractivity contribution in [2.24, 2.45) is 0 Å². The number of aryl methyl sites for hydroxylation is 1. The molecule has 0 spiro atoms. The zero-order valence-electron chi connectivity index (χ0n) is 17.4. The highest BCUT2D eigenvalue weighted by Crippen LogP contribution is 2.39. The molecule has 1 aliphatic heterocycles. The van der Waals surface area contributed by atoms with Crippen molar-refractivity contribution in [3.8, 4) is 0 Å². The number of Topliss-reactive ketones (excluding diaryl/α,β-unsaturated/α-hetero) is 1. The smallest absolute Gasteiger partial charge is 0.271 e. The number of halogens is 1. The molecule has 3 aromatic heterocycles. The zero-order chi connectivity index (χ0) is 21.9. The van der Waals surface area contributed by atoms with Crippen LogP contribution < -0.4 is 5.56 Å². The number of hydrogen-bond acceptors (Lipinski definition) is 6. The lowest BCUT2D eigenvalue weighted by atomic mass is 9.89. The first kappa shape index (κ1) is 20.3. The summed E-state index contributed by atoms with van der Waals surface area (Å²) in [6.07, 6.45) is 2.19. The second kappa shape index (κ2) is 7.22. The van der Waals surface area contributed by atoms with Crippen molar-refractivity contribution in [2.45, 2.75) is 45.9 Å². The molecule has 1 aromatic carbocycles. The summed E-state index contributed by atoms with van der Waals surface area (Å²) >= 11 is 7.23. The van der Waals surface area contributed by atoms with Crippen molar-refractivity contribution >= 4 is 49.2 Å². The first-order valence-electron chi connectivity index (χ1n) is 9.96. The van der Waals surface area contributed by atoms with E-state index in [4.69, 9.17) is 21.3 Å². The molecule has 0 radical (unpaired) electrons.